The lowest BCUT2D eigenvalue weighted by atomic mass is 10.4. The van der Waals surface area contributed by atoms with Crippen LogP contribution in [-0.4, -0.2) is 32.3 Å². The zero-order valence-corrected chi connectivity index (χ0v) is 11.6. The Morgan fingerprint density at radius 1 is 1.32 bits per heavy atom. The number of hydrogen-bond donors (Lipinski definition) is 1. The minimum atomic E-state index is -0.326. The summed E-state index contributed by atoms with van der Waals surface area (Å²) in [6.07, 6.45) is 4.73. The minimum absolute atomic E-state index is 0.203. The second-order valence-corrected chi connectivity index (χ2v) is 6.05. The van der Waals surface area contributed by atoms with Crippen LogP contribution in [0.25, 0.3) is 0 Å². The highest BCUT2D eigenvalue weighted by Crippen LogP contribution is 2.45. The molecule has 0 aliphatic heterocycles. The number of carbonyl (C=O) groups is 2. The molecule has 1 heterocycles. The van der Waals surface area contributed by atoms with E-state index in [-0.39, 0.29) is 17.6 Å². The first-order valence-electron chi connectivity index (χ1n) is 6.53. The maximum atomic E-state index is 11.5. The first kappa shape index (κ1) is 12.7. The van der Waals surface area contributed by atoms with Gasteiger partial charge in [-0.2, -0.15) is 0 Å². The van der Waals surface area contributed by atoms with Crippen LogP contribution in [0.15, 0.2) is 5.16 Å². The summed E-state index contributed by atoms with van der Waals surface area (Å²) in [6.45, 7) is 1.33. The van der Waals surface area contributed by atoms with Gasteiger partial charge in [0.05, 0.1) is 5.75 Å². The number of nitrogens with one attached hydrogen (secondary N) is 1. The summed E-state index contributed by atoms with van der Waals surface area (Å²) in [5, 5.41) is 11.5. The monoisotopic (exact) mass is 280 g/mol. The summed E-state index contributed by atoms with van der Waals surface area (Å²) < 4.78 is 2.20. The molecule has 1 N–H and O–H groups in total. The van der Waals surface area contributed by atoms with Crippen molar-refractivity contribution in [1.29, 1.82) is 0 Å². The standard InChI is InChI=1S/C12H16N4O2S/c1-7(17)13-10(18)6-19-12-15-14-11(8-2-3-8)16(12)9-4-5-9/h8-9H,2-6H2,1H3,(H,13,17,18). The number of imide groups is 1. The Morgan fingerprint density at radius 3 is 2.63 bits per heavy atom. The van der Waals surface area contributed by atoms with E-state index < -0.39 is 0 Å². The summed E-state index contributed by atoms with van der Waals surface area (Å²) in [5.41, 5.74) is 0. The third-order valence-corrected chi connectivity index (χ3v) is 4.14. The number of hydrogen-bond acceptors (Lipinski definition) is 5. The van der Waals surface area contributed by atoms with Crippen LogP contribution in [-0.2, 0) is 9.59 Å². The van der Waals surface area contributed by atoms with Crippen LogP contribution in [0.4, 0.5) is 0 Å². The van der Waals surface area contributed by atoms with Gasteiger partial charge in [-0.25, -0.2) is 0 Å². The number of rotatable bonds is 5. The molecule has 2 aliphatic rings. The average molecular weight is 280 g/mol. The topological polar surface area (TPSA) is 76.9 Å². The van der Waals surface area contributed by atoms with Gasteiger partial charge in [0, 0.05) is 18.9 Å². The van der Waals surface area contributed by atoms with Crippen molar-refractivity contribution in [3.8, 4) is 0 Å². The fourth-order valence-corrected chi connectivity index (χ4v) is 2.86. The molecule has 1 aromatic rings. The predicted molar refractivity (Wildman–Crippen MR) is 69.8 cm³/mol. The van der Waals surface area contributed by atoms with Crippen molar-refractivity contribution >= 4 is 23.6 Å². The first-order valence-corrected chi connectivity index (χ1v) is 7.51. The molecule has 0 aromatic carbocycles. The number of aromatic nitrogens is 3. The Balaban J connectivity index is 1.67. The summed E-state index contributed by atoms with van der Waals surface area (Å²) in [5.74, 6) is 1.24. The van der Waals surface area contributed by atoms with Crippen molar-refractivity contribution in [2.24, 2.45) is 0 Å². The molecule has 0 unspecified atom stereocenters. The molecule has 0 saturated heterocycles. The highest BCUT2D eigenvalue weighted by Gasteiger charge is 2.36. The van der Waals surface area contributed by atoms with E-state index in [1.54, 1.807) is 0 Å². The summed E-state index contributed by atoms with van der Waals surface area (Å²) >= 11 is 1.36. The van der Waals surface area contributed by atoms with Gasteiger partial charge in [0.2, 0.25) is 11.8 Å². The van der Waals surface area contributed by atoms with Crippen molar-refractivity contribution in [3.05, 3.63) is 5.82 Å². The van der Waals surface area contributed by atoms with E-state index in [0.717, 1.165) is 11.0 Å². The molecule has 19 heavy (non-hydrogen) atoms. The van der Waals surface area contributed by atoms with Crippen molar-refractivity contribution in [2.75, 3.05) is 5.75 Å². The van der Waals surface area contributed by atoms with Crippen LogP contribution in [0.3, 0.4) is 0 Å². The van der Waals surface area contributed by atoms with E-state index in [4.69, 9.17) is 0 Å². The molecular weight excluding hydrogens is 264 g/mol. The second kappa shape index (κ2) is 4.96. The van der Waals surface area contributed by atoms with Gasteiger partial charge in [-0.1, -0.05) is 11.8 Å². The van der Waals surface area contributed by atoms with Gasteiger partial charge in [-0.15, -0.1) is 10.2 Å². The summed E-state index contributed by atoms with van der Waals surface area (Å²) in [4.78, 5) is 22.2. The Bertz CT molecular complexity index is 520. The zero-order chi connectivity index (χ0) is 13.4. The quantitative estimate of drug-likeness (QED) is 0.821. The number of nitrogens with zero attached hydrogens (tertiary/aromatic N) is 3. The third-order valence-electron chi connectivity index (χ3n) is 3.19. The third kappa shape index (κ3) is 2.97. The molecule has 2 fully saturated rings. The SMILES string of the molecule is CC(=O)NC(=O)CSc1nnc(C2CC2)n1C1CC1. The maximum absolute atomic E-state index is 11.5. The lowest BCUT2D eigenvalue weighted by Gasteiger charge is -2.07. The van der Waals surface area contributed by atoms with Crippen LogP contribution in [0.1, 0.15) is 50.4 Å². The highest BCUT2D eigenvalue weighted by molar-refractivity contribution is 7.99. The normalized spacial score (nSPS) is 18.4. The molecule has 0 radical (unpaired) electrons. The van der Waals surface area contributed by atoms with E-state index in [2.05, 4.69) is 20.1 Å². The van der Waals surface area contributed by atoms with Gasteiger partial charge in [0.15, 0.2) is 5.16 Å². The molecule has 0 atom stereocenters. The molecule has 6 nitrogen and oxygen atoms in total. The van der Waals surface area contributed by atoms with Crippen LogP contribution in [0.5, 0.6) is 0 Å². The van der Waals surface area contributed by atoms with E-state index in [1.807, 2.05) is 0 Å². The van der Waals surface area contributed by atoms with Gasteiger partial charge in [0.25, 0.3) is 0 Å². The van der Waals surface area contributed by atoms with Crippen LogP contribution in [0.2, 0.25) is 0 Å². The fraction of sp³-hybridized carbons (Fsp3) is 0.667. The molecule has 2 saturated carbocycles. The Labute approximate surface area is 115 Å². The molecular formula is C12H16N4O2S. The highest BCUT2D eigenvalue weighted by atomic mass is 32.2. The zero-order valence-electron chi connectivity index (χ0n) is 10.8. The van der Waals surface area contributed by atoms with E-state index >= 15 is 0 Å². The van der Waals surface area contributed by atoms with Gasteiger partial charge >= 0.3 is 0 Å². The maximum Gasteiger partial charge on any atom is 0.237 e. The smallest absolute Gasteiger partial charge is 0.237 e. The van der Waals surface area contributed by atoms with Crippen LogP contribution in [0, 0.1) is 0 Å². The minimum Gasteiger partial charge on any atom is -0.303 e. The molecule has 2 aliphatic carbocycles. The first-order chi connectivity index (χ1) is 9.15. The molecule has 0 spiro atoms. The molecule has 7 heteroatoms. The van der Waals surface area contributed by atoms with E-state index in [1.165, 1.54) is 44.4 Å². The van der Waals surface area contributed by atoms with Gasteiger partial charge < -0.3 is 4.57 Å². The van der Waals surface area contributed by atoms with E-state index in [9.17, 15) is 9.59 Å². The van der Waals surface area contributed by atoms with Crippen molar-refractivity contribution in [2.45, 2.75) is 49.7 Å². The lowest BCUT2D eigenvalue weighted by molar-refractivity contribution is -0.127. The van der Waals surface area contributed by atoms with Gasteiger partial charge in [-0.05, 0) is 25.7 Å². The average Bonchev–Trinajstić information content (AvgIpc) is 3.24. The summed E-state index contributed by atoms with van der Waals surface area (Å²) in [7, 11) is 0. The van der Waals surface area contributed by atoms with Gasteiger partial charge in [-0.3, -0.25) is 14.9 Å². The van der Waals surface area contributed by atoms with Crippen molar-refractivity contribution in [3.63, 3.8) is 0 Å². The van der Waals surface area contributed by atoms with Gasteiger partial charge in [0.1, 0.15) is 5.82 Å². The fourth-order valence-electron chi connectivity index (χ4n) is 2.05. The predicted octanol–water partition coefficient (Wildman–Crippen LogP) is 1.25. The largest absolute Gasteiger partial charge is 0.303 e. The molecule has 3 rings (SSSR count). The number of amides is 2. The molecule has 2 amide bonds. The van der Waals surface area contributed by atoms with Crippen molar-refractivity contribution in [1.82, 2.24) is 20.1 Å². The Hall–Kier alpha value is -1.37. The van der Waals surface area contributed by atoms with Crippen molar-refractivity contribution < 1.29 is 9.59 Å². The number of thioether (sulfide) groups is 1. The van der Waals surface area contributed by atoms with E-state index in [0.29, 0.717) is 12.0 Å². The van der Waals surface area contributed by atoms with Crippen LogP contribution >= 0.6 is 11.8 Å². The molecule has 102 valence electrons. The molecule has 1 aromatic heterocycles. The number of carbonyl (C=O) groups excluding carboxylic acids is 2. The molecule has 0 bridgehead atoms. The Morgan fingerprint density at radius 2 is 2.05 bits per heavy atom. The summed E-state index contributed by atoms with van der Waals surface area (Å²) in [6, 6.07) is 0.518. The Kier molecular flexibility index (Phi) is 3.30. The lowest BCUT2D eigenvalue weighted by Crippen LogP contribution is -2.29. The second-order valence-electron chi connectivity index (χ2n) is 5.11. The van der Waals surface area contributed by atoms with Crippen LogP contribution < -0.4 is 5.32 Å².